The van der Waals surface area contributed by atoms with E-state index in [1.165, 1.54) is 18.2 Å². The van der Waals surface area contributed by atoms with Gasteiger partial charge < -0.3 is 21.1 Å². The smallest absolute Gasteiger partial charge is 0.271 e. The highest BCUT2D eigenvalue weighted by Gasteiger charge is 2.29. The van der Waals surface area contributed by atoms with Crippen LogP contribution in [-0.4, -0.2) is 41.2 Å². The molecule has 9 nitrogen and oxygen atoms in total. The standard InChI is InChI=1S/C16H23N5O4/c1-11(2)16(3,10-17)20-15(23)9-19-14-8-12(21(24)25)4-5-13(14)18-6-7-22/h4-5,8,11,18-19,22H,6-7,9H2,1-3H3,(H,20,23). The van der Waals surface area contributed by atoms with E-state index >= 15 is 0 Å². The molecule has 0 aliphatic carbocycles. The lowest BCUT2D eigenvalue weighted by Gasteiger charge is -2.27. The summed E-state index contributed by atoms with van der Waals surface area (Å²) in [4.78, 5) is 22.5. The molecule has 4 N–H and O–H groups in total. The van der Waals surface area contributed by atoms with Crippen molar-refractivity contribution in [2.24, 2.45) is 5.92 Å². The Morgan fingerprint density at radius 2 is 2.08 bits per heavy atom. The molecular weight excluding hydrogens is 326 g/mol. The van der Waals surface area contributed by atoms with Crippen LogP contribution in [0, 0.1) is 27.4 Å². The summed E-state index contributed by atoms with van der Waals surface area (Å²) in [6.07, 6.45) is 0. The maximum Gasteiger partial charge on any atom is 0.271 e. The lowest BCUT2D eigenvalue weighted by molar-refractivity contribution is -0.384. The van der Waals surface area contributed by atoms with Gasteiger partial charge in [-0.15, -0.1) is 0 Å². The Hall–Kier alpha value is -2.86. The fraction of sp³-hybridized carbons (Fsp3) is 0.500. The molecule has 0 radical (unpaired) electrons. The average Bonchev–Trinajstić information content (AvgIpc) is 2.57. The third kappa shape index (κ3) is 5.61. The summed E-state index contributed by atoms with van der Waals surface area (Å²) < 4.78 is 0. The van der Waals surface area contributed by atoms with Crippen molar-refractivity contribution >= 4 is 23.0 Å². The minimum absolute atomic E-state index is 0.0824. The molecule has 0 fully saturated rings. The van der Waals surface area contributed by atoms with Gasteiger partial charge in [0.2, 0.25) is 5.91 Å². The summed E-state index contributed by atoms with van der Waals surface area (Å²) >= 11 is 0. The van der Waals surface area contributed by atoms with Crippen molar-refractivity contribution in [2.45, 2.75) is 26.3 Å². The van der Waals surface area contributed by atoms with Gasteiger partial charge in [-0.05, 0) is 18.9 Å². The van der Waals surface area contributed by atoms with Crippen molar-refractivity contribution in [3.63, 3.8) is 0 Å². The molecule has 0 aliphatic rings. The summed E-state index contributed by atoms with van der Waals surface area (Å²) in [6.45, 7) is 5.29. The first-order valence-electron chi connectivity index (χ1n) is 7.82. The van der Waals surface area contributed by atoms with Crippen LogP contribution in [0.5, 0.6) is 0 Å². The van der Waals surface area contributed by atoms with Gasteiger partial charge in [-0.3, -0.25) is 14.9 Å². The van der Waals surface area contributed by atoms with E-state index < -0.39 is 16.4 Å². The second kappa shape index (κ2) is 8.84. The van der Waals surface area contributed by atoms with Gasteiger partial charge >= 0.3 is 0 Å². The van der Waals surface area contributed by atoms with Crippen LogP contribution in [0.25, 0.3) is 0 Å². The number of anilines is 2. The summed E-state index contributed by atoms with van der Waals surface area (Å²) in [6, 6.07) is 6.22. The molecule has 0 spiro atoms. The van der Waals surface area contributed by atoms with Crippen LogP contribution in [0.2, 0.25) is 0 Å². The maximum atomic E-state index is 12.1. The number of aliphatic hydroxyl groups excluding tert-OH is 1. The zero-order valence-electron chi connectivity index (χ0n) is 14.5. The van der Waals surface area contributed by atoms with Gasteiger partial charge in [-0.25, -0.2) is 0 Å². The number of hydrogen-bond acceptors (Lipinski definition) is 7. The predicted molar refractivity (Wildman–Crippen MR) is 94.2 cm³/mol. The highest BCUT2D eigenvalue weighted by atomic mass is 16.6. The van der Waals surface area contributed by atoms with Crippen LogP contribution in [0.3, 0.4) is 0 Å². The third-order valence-corrected chi connectivity index (χ3v) is 3.87. The van der Waals surface area contributed by atoms with Crippen molar-refractivity contribution in [3.8, 4) is 6.07 Å². The molecule has 25 heavy (non-hydrogen) atoms. The summed E-state index contributed by atoms with van der Waals surface area (Å²) in [5.41, 5.74) is -0.235. The quantitative estimate of drug-likeness (QED) is 0.391. The number of rotatable bonds is 9. The van der Waals surface area contributed by atoms with Crippen molar-refractivity contribution in [1.29, 1.82) is 5.26 Å². The number of nitrogens with one attached hydrogen (secondary N) is 3. The summed E-state index contributed by atoms with van der Waals surface area (Å²) in [5, 5.41) is 37.5. The van der Waals surface area contributed by atoms with E-state index in [0.717, 1.165) is 0 Å². The molecule has 0 bridgehead atoms. The highest BCUT2D eigenvalue weighted by molar-refractivity contribution is 5.84. The van der Waals surface area contributed by atoms with Crippen molar-refractivity contribution < 1.29 is 14.8 Å². The molecule has 1 amide bonds. The molecule has 0 saturated heterocycles. The first kappa shape index (κ1) is 20.2. The Morgan fingerprint density at radius 3 is 2.60 bits per heavy atom. The molecule has 1 aromatic rings. The van der Waals surface area contributed by atoms with E-state index in [2.05, 4.69) is 22.0 Å². The van der Waals surface area contributed by atoms with Crippen LogP contribution < -0.4 is 16.0 Å². The number of nitro benzene ring substituents is 1. The molecule has 0 aliphatic heterocycles. The second-order valence-electron chi connectivity index (χ2n) is 6.01. The van der Waals surface area contributed by atoms with Crippen LogP contribution in [0.15, 0.2) is 18.2 Å². The Morgan fingerprint density at radius 1 is 1.40 bits per heavy atom. The Bertz CT molecular complexity index is 671. The third-order valence-electron chi connectivity index (χ3n) is 3.87. The number of hydrogen-bond donors (Lipinski definition) is 4. The zero-order chi connectivity index (χ0) is 19.0. The number of non-ortho nitro benzene ring substituents is 1. The number of nitro groups is 1. The molecule has 1 atom stereocenters. The molecule has 0 aromatic heterocycles. The molecule has 9 heteroatoms. The van der Waals surface area contributed by atoms with E-state index in [4.69, 9.17) is 5.11 Å². The van der Waals surface area contributed by atoms with Gasteiger partial charge in [0.25, 0.3) is 5.69 Å². The van der Waals surface area contributed by atoms with Crippen molar-refractivity contribution in [1.82, 2.24) is 5.32 Å². The first-order chi connectivity index (χ1) is 11.7. The number of nitriles is 1. The van der Waals surface area contributed by atoms with Gasteiger partial charge in [-0.2, -0.15) is 5.26 Å². The van der Waals surface area contributed by atoms with Gasteiger partial charge in [0.15, 0.2) is 0 Å². The minimum atomic E-state index is -1.00. The van der Waals surface area contributed by atoms with E-state index in [9.17, 15) is 20.2 Å². The normalized spacial score (nSPS) is 12.8. The number of aliphatic hydroxyl groups is 1. The van der Waals surface area contributed by atoms with E-state index in [0.29, 0.717) is 11.4 Å². The largest absolute Gasteiger partial charge is 0.395 e. The Kier molecular flexibility index (Phi) is 7.14. The van der Waals surface area contributed by atoms with Crippen molar-refractivity contribution in [3.05, 3.63) is 28.3 Å². The van der Waals surface area contributed by atoms with Crippen LogP contribution in [0.4, 0.5) is 17.1 Å². The van der Waals surface area contributed by atoms with E-state index in [1.807, 2.05) is 13.8 Å². The first-order valence-corrected chi connectivity index (χ1v) is 7.82. The van der Waals surface area contributed by atoms with Gasteiger partial charge in [-0.1, -0.05) is 13.8 Å². The lowest BCUT2D eigenvalue weighted by Crippen LogP contribution is -2.50. The average molecular weight is 349 g/mol. The Balaban J connectivity index is 2.86. The monoisotopic (exact) mass is 349 g/mol. The molecule has 1 aromatic carbocycles. The fourth-order valence-corrected chi connectivity index (χ4v) is 1.95. The van der Waals surface area contributed by atoms with E-state index in [1.54, 1.807) is 6.92 Å². The fourth-order valence-electron chi connectivity index (χ4n) is 1.95. The summed E-state index contributed by atoms with van der Waals surface area (Å²) in [7, 11) is 0. The molecule has 136 valence electrons. The highest BCUT2D eigenvalue weighted by Crippen LogP contribution is 2.26. The lowest BCUT2D eigenvalue weighted by atomic mass is 9.90. The Labute approximate surface area is 146 Å². The van der Waals surface area contributed by atoms with Crippen molar-refractivity contribution in [2.75, 3.05) is 30.3 Å². The number of carbonyl (C=O) groups is 1. The molecule has 1 rings (SSSR count). The van der Waals surface area contributed by atoms with Gasteiger partial charge in [0.05, 0.1) is 35.5 Å². The number of carbonyl (C=O) groups excluding carboxylic acids is 1. The molecule has 0 heterocycles. The number of amides is 1. The maximum absolute atomic E-state index is 12.1. The summed E-state index contributed by atoms with van der Waals surface area (Å²) in [5.74, 6) is -0.488. The molecular formula is C16H23N5O4. The number of benzene rings is 1. The topological polar surface area (TPSA) is 140 Å². The van der Waals surface area contributed by atoms with Gasteiger partial charge in [0, 0.05) is 18.7 Å². The van der Waals surface area contributed by atoms with E-state index in [-0.39, 0.29) is 31.3 Å². The van der Waals surface area contributed by atoms with Gasteiger partial charge in [0.1, 0.15) is 5.54 Å². The van der Waals surface area contributed by atoms with Crippen LogP contribution in [-0.2, 0) is 4.79 Å². The second-order valence-corrected chi connectivity index (χ2v) is 6.01. The van der Waals surface area contributed by atoms with Crippen LogP contribution >= 0.6 is 0 Å². The number of nitrogens with zero attached hydrogens (tertiary/aromatic N) is 2. The predicted octanol–water partition coefficient (Wildman–Crippen LogP) is 1.47. The SMILES string of the molecule is CC(C)C(C)(C#N)NC(=O)CNc1cc([N+](=O)[O-])ccc1NCCO. The zero-order valence-corrected chi connectivity index (χ0v) is 14.5. The van der Waals surface area contributed by atoms with Crippen LogP contribution in [0.1, 0.15) is 20.8 Å². The molecule has 0 saturated carbocycles. The minimum Gasteiger partial charge on any atom is -0.395 e. The molecule has 1 unspecified atom stereocenters.